The van der Waals surface area contributed by atoms with Crippen LogP contribution in [0.4, 0.5) is 5.69 Å². The van der Waals surface area contributed by atoms with Gasteiger partial charge in [-0.25, -0.2) is 0 Å². The van der Waals surface area contributed by atoms with Crippen LogP contribution in [0.3, 0.4) is 0 Å². The number of benzene rings is 2. The van der Waals surface area contributed by atoms with Gasteiger partial charge in [-0.1, -0.05) is 37.1 Å². The summed E-state index contributed by atoms with van der Waals surface area (Å²) in [7, 11) is 0. The monoisotopic (exact) mass is 404 g/mol. The third kappa shape index (κ3) is 4.09. The van der Waals surface area contributed by atoms with E-state index in [0.717, 1.165) is 68.9 Å². The molecule has 0 aliphatic carbocycles. The number of hydrogen-bond donors (Lipinski definition) is 0. The second-order valence-electron chi connectivity index (χ2n) is 8.08. The van der Waals surface area contributed by atoms with E-state index in [1.165, 1.54) is 16.8 Å². The molecule has 0 spiro atoms. The number of ether oxygens (including phenoxy) is 1. The molecule has 2 heterocycles. The van der Waals surface area contributed by atoms with E-state index in [-0.39, 0.29) is 5.91 Å². The van der Waals surface area contributed by atoms with Gasteiger partial charge in [-0.15, -0.1) is 0 Å². The van der Waals surface area contributed by atoms with Crippen molar-refractivity contribution in [2.24, 2.45) is 0 Å². The SMILES string of the molecule is CCCC(=C1CCN(c2cccc3c2O3)CC1)c1ccc(C(=O)N(CC)CC)cc1. The van der Waals surface area contributed by atoms with Gasteiger partial charge >= 0.3 is 0 Å². The van der Waals surface area contributed by atoms with Crippen molar-refractivity contribution in [3.05, 3.63) is 59.2 Å². The molecule has 1 amide bonds. The van der Waals surface area contributed by atoms with Crippen LogP contribution in [0.25, 0.3) is 5.57 Å². The summed E-state index contributed by atoms with van der Waals surface area (Å²) in [4.78, 5) is 16.9. The highest BCUT2D eigenvalue weighted by atomic mass is 16.6. The standard InChI is InChI=1S/C26H32N2O2/c1-4-8-22(19-11-13-21(14-12-19)26(29)27(5-2)6-3)20-15-17-28(18-16-20)23-9-7-10-24-25(23)30-24/h7,9-14H,4-6,8,15-18H2,1-3H3. The molecule has 1 saturated heterocycles. The summed E-state index contributed by atoms with van der Waals surface area (Å²) < 4.78 is 5.58. The van der Waals surface area contributed by atoms with Crippen LogP contribution in [-0.4, -0.2) is 37.0 Å². The first kappa shape index (κ1) is 20.5. The Labute approximate surface area is 180 Å². The topological polar surface area (TPSA) is 36.1 Å². The second kappa shape index (κ2) is 8.95. The summed E-state index contributed by atoms with van der Waals surface area (Å²) in [5.74, 6) is 2.21. The van der Waals surface area contributed by atoms with E-state index >= 15 is 0 Å². The number of carbonyl (C=O) groups excluding carboxylic acids is 1. The molecule has 158 valence electrons. The third-order valence-corrected chi connectivity index (χ3v) is 6.29. The van der Waals surface area contributed by atoms with Crippen LogP contribution in [0.2, 0.25) is 0 Å². The van der Waals surface area contributed by atoms with Gasteiger partial charge < -0.3 is 14.5 Å². The van der Waals surface area contributed by atoms with Crippen molar-refractivity contribution in [3.63, 3.8) is 0 Å². The van der Waals surface area contributed by atoms with E-state index < -0.39 is 0 Å². The maximum atomic E-state index is 12.6. The highest BCUT2D eigenvalue weighted by Gasteiger charge is 2.28. The fourth-order valence-corrected chi connectivity index (χ4v) is 4.53. The number of nitrogens with zero attached hydrogens (tertiary/aromatic N) is 2. The molecule has 1 fully saturated rings. The number of fused-ring (bicyclic) bond motifs is 1. The average Bonchev–Trinajstić information content (AvgIpc) is 3.59. The first-order valence-corrected chi connectivity index (χ1v) is 11.3. The molecule has 0 bridgehead atoms. The van der Waals surface area contributed by atoms with Crippen molar-refractivity contribution in [1.82, 2.24) is 4.90 Å². The fourth-order valence-electron chi connectivity index (χ4n) is 4.53. The predicted octanol–water partition coefficient (Wildman–Crippen LogP) is 6.13. The molecule has 4 nitrogen and oxygen atoms in total. The minimum Gasteiger partial charge on any atom is -0.447 e. The van der Waals surface area contributed by atoms with Crippen molar-refractivity contribution < 1.29 is 9.53 Å². The molecule has 0 radical (unpaired) electrons. The Morgan fingerprint density at radius 1 is 0.967 bits per heavy atom. The van der Waals surface area contributed by atoms with Gasteiger partial charge in [0.1, 0.15) is 0 Å². The number of para-hydroxylation sites is 1. The molecular weight excluding hydrogens is 372 g/mol. The van der Waals surface area contributed by atoms with E-state index in [2.05, 4.69) is 36.1 Å². The van der Waals surface area contributed by atoms with E-state index in [9.17, 15) is 4.79 Å². The van der Waals surface area contributed by atoms with Gasteiger partial charge in [0, 0.05) is 31.7 Å². The molecule has 4 rings (SSSR count). The Morgan fingerprint density at radius 3 is 2.27 bits per heavy atom. The van der Waals surface area contributed by atoms with Crippen LogP contribution in [0.1, 0.15) is 62.4 Å². The Morgan fingerprint density at radius 2 is 1.63 bits per heavy atom. The predicted molar refractivity (Wildman–Crippen MR) is 123 cm³/mol. The summed E-state index contributed by atoms with van der Waals surface area (Å²) in [5, 5.41) is 0. The number of piperidine rings is 1. The van der Waals surface area contributed by atoms with Crippen molar-refractivity contribution >= 4 is 17.2 Å². The molecule has 0 atom stereocenters. The first-order chi connectivity index (χ1) is 14.7. The average molecular weight is 405 g/mol. The third-order valence-electron chi connectivity index (χ3n) is 6.29. The van der Waals surface area contributed by atoms with Crippen molar-refractivity contribution in [1.29, 1.82) is 0 Å². The number of hydrogen-bond acceptors (Lipinski definition) is 3. The van der Waals surface area contributed by atoms with E-state index in [1.54, 1.807) is 5.57 Å². The van der Waals surface area contributed by atoms with Crippen LogP contribution in [0.15, 0.2) is 48.0 Å². The van der Waals surface area contributed by atoms with E-state index in [4.69, 9.17) is 4.74 Å². The lowest BCUT2D eigenvalue weighted by Crippen LogP contribution is -2.30. The molecule has 2 aromatic carbocycles. The highest BCUT2D eigenvalue weighted by Crippen LogP contribution is 2.52. The summed E-state index contributed by atoms with van der Waals surface area (Å²) in [5.41, 5.74) is 6.33. The molecule has 0 saturated carbocycles. The molecule has 2 aliphatic rings. The van der Waals surface area contributed by atoms with Gasteiger partial charge in [0.05, 0.1) is 5.69 Å². The minimum absolute atomic E-state index is 0.121. The molecule has 30 heavy (non-hydrogen) atoms. The van der Waals surface area contributed by atoms with E-state index in [0.29, 0.717) is 0 Å². The number of carbonyl (C=O) groups is 1. The van der Waals surface area contributed by atoms with E-state index in [1.807, 2.05) is 36.9 Å². The normalized spacial score (nSPS) is 14.8. The lowest BCUT2D eigenvalue weighted by atomic mass is 9.90. The molecule has 2 aliphatic heterocycles. The Balaban J connectivity index is 1.50. The maximum absolute atomic E-state index is 12.6. The van der Waals surface area contributed by atoms with Gasteiger partial charge in [-0.05, 0) is 68.5 Å². The Hall–Kier alpha value is -2.75. The molecule has 0 N–H and O–H groups in total. The second-order valence-corrected chi connectivity index (χ2v) is 8.08. The zero-order chi connectivity index (χ0) is 21.1. The highest BCUT2D eigenvalue weighted by molar-refractivity contribution is 5.94. The van der Waals surface area contributed by atoms with Gasteiger partial charge in [0.25, 0.3) is 5.91 Å². The smallest absolute Gasteiger partial charge is 0.253 e. The minimum atomic E-state index is 0.121. The number of amides is 1. The maximum Gasteiger partial charge on any atom is 0.253 e. The lowest BCUT2D eigenvalue weighted by Gasteiger charge is -2.31. The van der Waals surface area contributed by atoms with Crippen LogP contribution in [0.5, 0.6) is 11.5 Å². The molecular formula is C26H32N2O2. The summed E-state index contributed by atoms with van der Waals surface area (Å²) in [6.45, 7) is 9.84. The number of anilines is 1. The van der Waals surface area contributed by atoms with Crippen molar-refractivity contribution in [3.8, 4) is 11.5 Å². The number of allylic oxidation sites excluding steroid dienone is 1. The zero-order valence-corrected chi connectivity index (χ0v) is 18.4. The fraction of sp³-hybridized carbons (Fsp3) is 0.423. The molecule has 0 unspecified atom stereocenters. The van der Waals surface area contributed by atoms with Gasteiger partial charge in [0.2, 0.25) is 0 Å². The van der Waals surface area contributed by atoms with Crippen LogP contribution in [-0.2, 0) is 0 Å². The summed E-state index contributed by atoms with van der Waals surface area (Å²) >= 11 is 0. The zero-order valence-electron chi connectivity index (χ0n) is 18.4. The Bertz CT molecular complexity index is 932. The summed E-state index contributed by atoms with van der Waals surface area (Å²) in [6.07, 6.45) is 4.38. The van der Waals surface area contributed by atoms with Crippen molar-refractivity contribution in [2.75, 3.05) is 31.1 Å². The quantitative estimate of drug-likeness (QED) is 0.445. The Kier molecular flexibility index (Phi) is 6.12. The van der Waals surface area contributed by atoms with Crippen molar-refractivity contribution in [2.45, 2.75) is 46.5 Å². The van der Waals surface area contributed by atoms with Crippen LogP contribution < -0.4 is 9.64 Å². The lowest BCUT2D eigenvalue weighted by molar-refractivity contribution is 0.0773. The van der Waals surface area contributed by atoms with Gasteiger partial charge in [-0.2, -0.15) is 0 Å². The van der Waals surface area contributed by atoms with Gasteiger partial charge in [0.15, 0.2) is 11.5 Å². The molecule has 4 heteroatoms. The number of rotatable bonds is 7. The molecule has 0 aromatic heterocycles. The van der Waals surface area contributed by atoms with Crippen LogP contribution in [0, 0.1) is 0 Å². The molecule has 2 aromatic rings. The largest absolute Gasteiger partial charge is 0.447 e. The van der Waals surface area contributed by atoms with Gasteiger partial charge in [-0.3, -0.25) is 4.79 Å². The van der Waals surface area contributed by atoms with Crippen LogP contribution >= 0.6 is 0 Å². The first-order valence-electron chi connectivity index (χ1n) is 11.3. The summed E-state index contributed by atoms with van der Waals surface area (Å²) in [6, 6.07) is 14.6.